The number of fused-ring (bicyclic) bond motifs is 2. The molecule has 2 aliphatic rings. The van der Waals surface area contributed by atoms with Crippen LogP contribution in [0.3, 0.4) is 0 Å². The van der Waals surface area contributed by atoms with Crippen molar-refractivity contribution < 1.29 is 9.53 Å². The van der Waals surface area contributed by atoms with E-state index in [2.05, 4.69) is 28.8 Å². The molecule has 5 heteroatoms. The highest BCUT2D eigenvalue weighted by Crippen LogP contribution is 2.51. The summed E-state index contributed by atoms with van der Waals surface area (Å²) in [5, 5.41) is 6.70. The molecule has 2 N–H and O–H groups in total. The molecule has 1 saturated heterocycles. The highest BCUT2D eigenvalue weighted by Gasteiger charge is 2.53. The number of carbonyl (C=O) groups is 1. The third kappa shape index (κ3) is 2.50. The highest BCUT2D eigenvalue weighted by atomic mass is 16.5. The van der Waals surface area contributed by atoms with Gasteiger partial charge in [-0.25, -0.2) is 0 Å². The van der Waals surface area contributed by atoms with Gasteiger partial charge in [0.15, 0.2) is 0 Å². The molecular formula is C20H25N3O2. The van der Waals surface area contributed by atoms with Crippen molar-refractivity contribution in [2.24, 2.45) is 7.05 Å². The Kier molecular flexibility index (Phi) is 4.13. The largest absolute Gasteiger partial charge is 0.378 e. The summed E-state index contributed by atoms with van der Waals surface area (Å²) in [6, 6.07) is 12.1. The minimum absolute atomic E-state index is 0.0251. The summed E-state index contributed by atoms with van der Waals surface area (Å²) in [6.07, 6.45) is 3.90. The molecule has 1 spiro atoms. The number of aromatic nitrogens is 1. The van der Waals surface area contributed by atoms with Gasteiger partial charge in [-0.1, -0.05) is 24.3 Å². The minimum atomic E-state index is -0.123. The number of nitrogens with one attached hydrogen (secondary N) is 2. The maximum Gasteiger partial charge on any atom is 0.268 e. The fourth-order valence-corrected chi connectivity index (χ4v) is 4.71. The molecule has 0 bridgehead atoms. The Hall–Kier alpha value is -2.11. The Labute approximate surface area is 148 Å². The highest BCUT2D eigenvalue weighted by molar-refractivity contribution is 5.93. The Bertz CT molecular complexity index is 777. The van der Waals surface area contributed by atoms with E-state index in [1.54, 1.807) is 7.11 Å². The first kappa shape index (κ1) is 16.4. The van der Waals surface area contributed by atoms with E-state index in [1.807, 2.05) is 36.0 Å². The van der Waals surface area contributed by atoms with Crippen LogP contribution in [0.1, 0.15) is 40.5 Å². The maximum atomic E-state index is 12.8. The third-order valence-electron chi connectivity index (χ3n) is 5.89. The second kappa shape index (κ2) is 6.32. The van der Waals surface area contributed by atoms with Gasteiger partial charge < -0.3 is 19.9 Å². The monoisotopic (exact) mass is 339 g/mol. The van der Waals surface area contributed by atoms with Crippen LogP contribution in [-0.2, 0) is 17.2 Å². The average molecular weight is 339 g/mol. The molecular weight excluding hydrogens is 314 g/mol. The van der Waals surface area contributed by atoms with E-state index in [-0.39, 0.29) is 23.5 Å². The zero-order valence-electron chi connectivity index (χ0n) is 14.8. The summed E-state index contributed by atoms with van der Waals surface area (Å²) in [4.78, 5) is 12.8. The van der Waals surface area contributed by atoms with Crippen LogP contribution in [0.4, 0.5) is 0 Å². The molecule has 2 unspecified atom stereocenters. The molecule has 1 aliphatic heterocycles. The first-order valence-electron chi connectivity index (χ1n) is 8.92. The lowest BCUT2D eigenvalue weighted by molar-refractivity contribution is 0.00389. The van der Waals surface area contributed by atoms with Crippen LogP contribution >= 0.6 is 0 Å². The predicted octanol–water partition coefficient (Wildman–Crippen LogP) is 2.15. The molecule has 1 fully saturated rings. The lowest BCUT2D eigenvalue weighted by atomic mass is 9.72. The number of ether oxygens (including phenoxy) is 1. The van der Waals surface area contributed by atoms with Crippen molar-refractivity contribution in [2.75, 3.05) is 20.2 Å². The van der Waals surface area contributed by atoms with Crippen LogP contribution in [0, 0.1) is 0 Å². The van der Waals surface area contributed by atoms with Gasteiger partial charge in [0.2, 0.25) is 0 Å². The number of hydrogen-bond donors (Lipinski definition) is 2. The molecule has 1 aromatic carbocycles. The number of benzene rings is 1. The van der Waals surface area contributed by atoms with Crippen molar-refractivity contribution in [2.45, 2.75) is 30.4 Å². The van der Waals surface area contributed by atoms with Crippen LogP contribution in [0.2, 0.25) is 0 Å². The van der Waals surface area contributed by atoms with Gasteiger partial charge in [-0.05, 0) is 49.2 Å². The van der Waals surface area contributed by atoms with Crippen molar-refractivity contribution in [3.05, 3.63) is 59.4 Å². The van der Waals surface area contributed by atoms with Crippen molar-refractivity contribution in [3.8, 4) is 0 Å². The van der Waals surface area contributed by atoms with E-state index in [0.29, 0.717) is 5.69 Å². The summed E-state index contributed by atoms with van der Waals surface area (Å²) < 4.78 is 7.84. The maximum absolute atomic E-state index is 12.8. The van der Waals surface area contributed by atoms with E-state index >= 15 is 0 Å². The van der Waals surface area contributed by atoms with Gasteiger partial charge >= 0.3 is 0 Å². The van der Waals surface area contributed by atoms with Gasteiger partial charge in [-0.3, -0.25) is 4.79 Å². The van der Waals surface area contributed by atoms with Crippen LogP contribution < -0.4 is 10.6 Å². The molecule has 4 rings (SSSR count). The second-order valence-electron chi connectivity index (χ2n) is 7.11. The van der Waals surface area contributed by atoms with Crippen LogP contribution in [0.15, 0.2) is 42.6 Å². The van der Waals surface area contributed by atoms with E-state index in [1.165, 1.54) is 11.1 Å². The molecule has 1 aromatic heterocycles. The molecule has 5 nitrogen and oxygen atoms in total. The molecule has 2 atom stereocenters. The van der Waals surface area contributed by atoms with Gasteiger partial charge in [0.1, 0.15) is 5.69 Å². The van der Waals surface area contributed by atoms with E-state index in [0.717, 1.165) is 25.9 Å². The normalized spacial score (nSPS) is 24.2. The fraction of sp³-hybridized carbons (Fsp3) is 0.450. The lowest BCUT2D eigenvalue weighted by Gasteiger charge is -2.40. The number of amides is 1. The lowest BCUT2D eigenvalue weighted by Crippen LogP contribution is -2.49. The van der Waals surface area contributed by atoms with Gasteiger partial charge in [0, 0.05) is 25.8 Å². The van der Waals surface area contributed by atoms with Gasteiger partial charge in [0.05, 0.1) is 12.1 Å². The summed E-state index contributed by atoms with van der Waals surface area (Å²) in [7, 11) is 3.65. The van der Waals surface area contributed by atoms with Gasteiger partial charge in [0.25, 0.3) is 5.91 Å². The number of hydrogen-bond acceptors (Lipinski definition) is 3. The molecule has 2 aromatic rings. The number of carbonyl (C=O) groups excluding carboxylic acids is 1. The number of nitrogens with zero attached hydrogens (tertiary/aromatic N) is 1. The van der Waals surface area contributed by atoms with E-state index < -0.39 is 0 Å². The smallest absolute Gasteiger partial charge is 0.268 e. The topological polar surface area (TPSA) is 55.3 Å². The van der Waals surface area contributed by atoms with Crippen molar-refractivity contribution >= 4 is 5.91 Å². The first-order valence-corrected chi connectivity index (χ1v) is 8.92. The molecule has 1 amide bonds. The molecule has 0 saturated carbocycles. The average Bonchev–Trinajstić information content (AvgIpc) is 3.17. The minimum Gasteiger partial charge on any atom is -0.378 e. The molecule has 25 heavy (non-hydrogen) atoms. The predicted molar refractivity (Wildman–Crippen MR) is 96.6 cm³/mol. The van der Waals surface area contributed by atoms with Crippen molar-refractivity contribution in [1.29, 1.82) is 0 Å². The first-order chi connectivity index (χ1) is 12.2. The number of aryl methyl sites for hydroxylation is 1. The van der Waals surface area contributed by atoms with Crippen molar-refractivity contribution in [1.82, 2.24) is 15.2 Å². The molecule has 132 valence electrons. The Balaban J connectivity index is 1.72. The zero-order chi connectivity index (χ0) is 17.4. The Morgan fingerprint density at radius 2 is 2.00 bits per heavy atom. The second-order valence-corrected chi connectivity index (χ2v) is 7.11. The molecule has 0 radical (unpaired) electrons. The summed E-state index contributed by atoms with van der Waals surface area (Å²) >= 11 is 0. The van der Waals surface area contributed by atoms with Crippen LogP contribution in [0.25, 0.3) is 0 Å². The van der Waals surface area contributed by atoms with E-state index in [4.69, 9.17) is 4.74 Å². The summed E-state index contributed by atoms with van der Waals surface area (Å²) in [5.74, 6) is -0.0552. The molecule has 1 aliphatic carbocycles. The number of methoxy groups -OCH3 is 1. The quantitative estimate of drug-likeness (QED) is 0.901. The Morgan fingerprint density at radius 3 is 2.68 bits per heavy atom. The summed E-state index contributed by atoms with van der Waals surface area (Å²) in [5.41, 5.74) is 3.17. The Morgan fingerprint density at radius 1 is 1.24 bits per heavy atom. The van der Waals surface area contributed by atoms with Crippen LogP contribution in [0.5, 0.6) is 0 Å². The van der Waals surface area contributed by atoms with Crippen LogP contribution in [-0.4, -0.2) is 36.8 Å². The fourth-order valence-electron chi connectivity index (χ4n) is 4.71. The van der Waals surface area contributed by atoms with Gasteiger partial charge in [-0.15, -0.1) is 0 Å². The number of piperidine rings is 1. The number of rotatable bonds is 3. The third-order valence-corrected chi connectivity index (χ3v) is 5.89. The van der Waals surface area contributed by atoms with Gasteiger partial charge in [-0.2, -0.15) is 0 Å². The standard InChI is InChI=1S/C20H25N3O2/c1-23-13-5-8-16(23)19(24)22-17-14-6-3-4-7-15(14)20(18(17)25-2)9-11-21-12-10-20/h3-8,13,17-18,21H,9-12H2,1-2H3,(H,22,24). The SMILES string of the molecule is COC1C(NC(=O)c2cccn2C)c2ccccc2C12CCNCC2. The zero-order valence-corrected chi connectivity index (χ0v) is 14.8. The van der Waals surface area contributed by atoms with E-state index in [9.17, 15) is 4.79 Å². The summed E-state index contributed by atoms with van der Waals surface area (Å²) in [6.45, 7) is 1.96. The van der Waals surface area contributed by atoms with Crippen molar-refractivity contribution in [3.63, 3.8) is 0 Å². The molecule has 2 heterocycles.